The highest BCUT2D eigenvalue weighted by atomic mass is 19.1. The van der Waals surface area contributed by atoms with Crippen LogP contribution in [0.1, 0.15) is 39.2 Å². The van der Waals surface area contributed by atoms with Gasteiger partial charge in [-0.2, -0.15) is 0 Å². The van der Waals surface area contributed by atoms with Gasteiger partial charge in [-0.25, -0.2) is 4.39 Å². The average molecular weight is 376 g/mol. The molecule has 0 spiro atoms. The molecule has 0 radical (unpaired) electrons. The smallest absolute Gasteiger partial charge is 0.255 e. The number of carbonyl (C=O) groups excluding carboxylic acids is 2. The van der Waals surface area contributed by atoms with E-state index in [1.807, 2.05) is 31.2 Å². The molecule has 0 unspecified atom stereocenters. The first-order valence-electron chi connectivity index (χ1n) is 8.95. The second kappa shape index (κ2) is 8.48. The van der Waals surface area contributed by atoms with Crippen molar-refractivity contribution in [1.82, 2.24) is 4.90 Å². The number of hydrogen-bond donors (Lipinski definition) is 1. The summed E-state index contributed by atoms with van der Waals surface area (Å²) in [4.78, 5) is 26.5. The van der Waals surface area contributed by atoms with Gasteiger partial charge in [0.2, 0.25) is 0 Å². The van der Waals surface area contributed by atoms with E-state index in [-0.39, 0.29) is 17.9 Å². The molecule has 1 atom stereocenters. The number of anilines is 1. The Morgan fingerprint density at radius 2 is 1.57 bits per heavy atom. The minimum atomic E-state index is -0.447. The topological polar surface area (TPSA) is 49.4 Å². The van der Waals surface area contributed by atoms with Crippen LogP contribution in [0, 0.1) is 5.82 Å². The molecule has 3 aromatic rings. The number of rotatable bonds is 5. The molecule has 142 valence electrons. The lowest BCUT2D eigenvalue weighted by atomic mass is 10.0. The normalized spacial score (nSPS) is 11.5. The van der Waals surface area contributed by atoms with E-state index in [4.69, 9.17) is 0 Å². The Labute approximate surface area is 163 Å². The molecule has 0 saturated heterocycles. The molecule has 28 heavy (non-hydrogen) atoms. The predicted molar refractivity (Wildman–Crippen MR) is 108 cm³/mol. The molecular formula is C23H21FN2O2. The number of amides is 2. The van der Waals surface area contributed by atoms with Gasteiger partial charge in [0.25, 0.3) is 11.8 Å². The fourth-order valence-electron chi connectivity index (χ4n) is 2.89. The Morgan fingerprint density at radius 1 is 0.893 bits per heavy atom. The zero-order chi connectivity index (χ0) is 20.1. The van der Waals surface area contributed by atoms with Crippen LogP contribution in [0.15, 0.2) is 78.9 Å². The summed E-state index contributed by atoms with van der Waals surface area (Å²) in [6.07, 6.45) is 0. The van der Waals surface area contributed by atoms with Crippen LogP contribution >= 0.6 is 0 Å². The van der Waals surface area contributed by atoms with Gasteiger partial charge in [0.15, 0.2) is 0 Å². The minimum Gasteiger partial charge on any atom is -0.335 e. The first-order valence-corrected chi connectivity index (χ1v) is 8.95. The molecule has 1 N–H and O–H groups in total. The third-order valence-corrected chi connectivity index (χ3v) is 4.64. The quantitative estimate of drug-likeness (QED) is 0.688. The third-order valence-electron chi connectivity index (χ3n) is 4.64. The molecule has 0 heterocycles. The summed E-state index contributed by atoms with van der Waals surface area (Å²) in [7, 11) is 1.67. The lowest BCUT2D eigenvalue weighted by Crippen LogP contribution is -2.29. The zero-order valence-corrected chi connectivity index (χ0v) is 15.7. The van der Waals surface area contributed by atoms with Crippen LogP contribution in [0.5, 0.6) is 0 Å². The van der Waals surface area contributed by atoms with Crippen LogP contribution in [-0.2, 0) is 0 Å². The van der Waals surface area contributed by atoms with Crippen molar-refractivity contribution in [2.75, 3.05) is 12.4 Å². The van der Waals surface area contributed by atoms with Crippen molar-refractivity contribution in [3.63, 3.8) is 0 Å². The molecular weight excluding hydrogens is 355 g/mol. The average Bonchev–Trinajstić information content (AvgIpc) is 2.73. The molecule has 0 fully saturated rings. The maximum Gasteiger partial charge on any atom is 0.255 e. The van der Waals surface area contributed by atoms with Gasteiger partial charge >= 0.3 is 0 Å². The number of benzene rings is 3. The summed E-state index contributed by atoms with van der Waals surface area (Å²) in [6, 6.07) is 21.7. The number of halogens is 1. The van der Waals surface area contributed by atoms with Crippen molar-refractivity contribution in [3.8, 4) is 0 Å². The van der Waals surface area contributed by atoms with Gasteiger partial charge in [-0.05, 0) is 55.0 Å². The molecule has 0 aromatic heterocycles. The highest BCUT2D eigenvalue weighted by Gasteiger charge is 2.19. The molecule has 0 saturated carbocycles. The zero-order valence-electron chi connectivity index (χ0n) is 15.7. The molecule has 2 amide bonds. The summed E-state index contributed by atoms with van der Waals surface area (Å²) in [6.45, 7) is 1.88. The molecule has 3 rings (SSSR count). The Kier molecular flexibility index (Phi) is 5.84. The second-order valence-corrected chi connectivity index (χ2v) is 6.55. The monoisotopic (exact) mass is 376 g/mol. The van der Waals surface area contributed by atoms with E-state index in [1.165, 1.54) is 18.2 Å². The molecule has 0 aliphatic rings. The van der Waals surface area contributed by atoms with Gasteiger partial charge in [0, 0.05) is 23.9 Å². The summed E-state index contributed by atoms with van der Waals surface area (Å²) >= 11 is 0. The lowest BCUT2D eigenvalue weighted by Gasteiger charge is -2.26. The summed E-state index contributed by atoms with van der Waals surface area (Å²) in [5, 5.41) is 2.87. The molecule has 0 aliphatic carbocycles. The summed E-state index contributed by atoms with van der Waals surface area (Å²) in [5.41, 5.74) is 2.37. The largest absolute Gasteiger partial charge is 0.335 e. The Morgan fingerprint density at radius 3 is 2.29 bits per heavy atom. The number of nitrogens with one attached hydrogen (secondary N) is 1. The molecule has 4 nitrogen and oxygen atoms in total. The maximum absolute atomic E-state index is 13.4. The van der Waals surface area contributed by atoms with Crippen LogP contribution in [0.2, 0.25) is 0 Å². The van der Waals surface area contributed by atoms with Gasteiger partial charge in [-0.15, -0.1) is 0 Å². The molecule has 3 aromatic carbocycles. The number of nitrogens with zero attached hydrogens (tertiary/aromatic N) is 1. The summed E-state index contributed by atoms with van der Waals surface area (Å²) < 4.78 is 13.4. The van der Waals surface area contributed by atoms with Crippen molar-refractivity contribution in [2.45, 2.75) is 13.0 Å². The number of carbonyl (C=O) groups is 2. The van der Waals surface area contributed by atoms with E-state index >= 15 is 0 Å². The van der Waals surface area contributed by atoms with Gasteiger partial charge in [0.05, 0.1) is 6.04 Å². The molecule has 5 heteroatoms. The fraction of sp³-hybridized carbons (Fsp3) is 0.130. The molecule has 0 bridgehead atoms. The van der Waals surface area contributed by atoms with Gasteiger partial charge in [-0.1, -0.05) is 36.4 Å². The van der Waals surface area contributed by atoms with Crippen molar-refractivity contribution in [2.24, 2.45) is 0 Å². The predicted octanol–water partition coefficient (Wildman–Crippen LogP) is 4.91. The Hall–Kier alpha value is -3.47. The minimum absolute atomic E-state index is 0.199. The van der Waals surface area contributed by atoms with Gasteiger partial charge < -0.3 is 10.2 Å². The third kappa shape index (κ3) is 4.43. The van der Waals surface area contributed by atoms with Crippen LogP contribution < -0.4 is 5.32 Å². The molecule has 0 aliphatic heterocycles. The van der Waals surface area contributed by atoms with Crippen molar-refractivity contribution >= 4 is 17.5 Å². The Bertz CT molecular complexity index is 989. The SMILES string of the molecule is C[C@@H](c1cccc(NC(=O)c2ccccc2)c1)N(C)C(=O)c1cccc(F)c1. The summed E-state index contributed by atoms with van der Waals surface area (Å²) in [5.74, 6) is -0.919. The highest BCUT2D eigenvalue weighted by molar-refractivity contribution is 6.04. The van der Waals surface area contributed by atoms with Crippen LogP contribution in [0.3, 0.4) is 0 Å². The first kappa shape index (κ1) is 19.3. The van der Waals surface area contributed by atoms with Crippen molar-refractivity contribution in [1.29, 1.82) is 0 Å². The van der Waals surface area contributed by atoms with Gasteiger partial charge in [0.1, 0.15) is 5.82 Å². The van der Waals surface area contributed by atoms with Crippen molar-refractivity contribution in [3.05, 3.63) is 101 Å². The lowest BCUT2D eigenvalue weighted by molar-refractivity contribution is 0.0742. The van der Waals surface area contributed by atoms with Crippen LogP contribution in [-0.4, -0.2) is 23.8 Å². The van der Waals surface area contributed by atoms with Crippen LogP contribution in [0.4, 0.5) is 10.1 Å². The van der Waals surface area contributed by atoms with Crippen molar-refractivity contribution < 1.29 is 14.0 Å². The number of hydrogen-bond acceptors (Lipinski definition) is 2. The van der Waals surface area contributed by atoms with E-state index < -0.39 is 5.82 Å². The van der Waals surface area contributed by atoms with E-state index in [0.29, 0.717) is 16.8 Å². The van der Waals surface area contributed by atoms with Gasteiger partial charge in [-0.3, -0.25) is 9.59 Å². The Balaban J connectivity index is 1.75. The van der Waals surface area contributed by atoms with E-state index in [0.717, 1.165) is 5.56 Å². The van der Waals surface area contributed by atoms with E-state index in [1.54, 1.807) is 48.3 Å². The fourth-order valence-corrected chi connectivity index (χ4v) is 2.89. The maximum atomic E-state index is 13.4. The first-order chi connectivity index (χ1) is 13.5. The van der Waals surface area contributed by atoms with Crippen LogP contribution in [0.25, 0.3) is 0 Å². The van der Waals surface area contributed by atoms with E-state index in [2.05, 4.69) is 5.32 Å². The highest BCUT2D eigenvalue weighted by Crippen LogP contribution is 2.24. The second-order valence-electron chi connectivity index (χ2n) is 6.55. The standard InChI is InChI=1S/C23H21FN2O2/c1-16(26(2)23(28)19-11-6-12-20(24)14-19)18-10-7-13-21(15-18)25-22(27)17-8-4-3-5-9-17/h3-16H,1-2H3,(H,25,27)/t16-/m0/s1. The van der Waals surface area contributed by atoms with E-state index in [9.17, 15) is 14.0 Å².